The van der Waals surface area contributed by atoms with Crippen LogP contribution in [0.5, 0.6) is 0 Å². The van der Waals surface area contributed by atoms with Crippen LogP contribution in [0.3, 0.4) is 0 Å². The van der Waals surface area contributed by atoms with Gasteiger partial charge in [-0.25, -0.2) is 9.97 Å². The summed E-state index contributed by atoms with van der Waals surface area (Å²) >= 11 is 0. The van der Waals surface area contributed by atoms with Crippen molar-refractivity contribution in [2.24, 2.45) is 5.73 Å². The van der Waals surface area contributed by atoms with Crippen molar-refractivity contribution in [3.05, 3.63) is 18.1 Å². The fourth-order valence-electron chi connectivity index (χ4n) is 1.21. The molecule has 1 aromatic rings. The lowest BCUT2D eigenvalue weighted by Crippen LogP contribution is -2.33. The molecule has 1 heterocycles. The maximum absolute atomic E-state index is 8.79. The molecule has 5 nitrogen and oxygen atoms in total. The number of likely N-dealkylation sites (N-methyl/N-ethyl adjacent to an activating group) is 1. The number of rotatable bonds is 3. The lowest BCUT2D eigenvalue weighted by atomic mass is 10.3. The molecule has 74 valence electrons. The molecular weight excluding hydrogens is 178 g/mol. The lowest BCUT2D eigenvalue weighted by Gasteiger charge is -2.20. The second-order valence-corrected chi connectivity index (χ2v) is 3.20. The molecule has 0 spiro atoms. The molecule has 0 aliphatic heterocycles. The predicted molar refractivity (Wildman–Crippen MR) is 53.7 cm³/mol. The first-order chi connectivity index (χ1) is 6.65. The molecule has 1 unspecified atom stereocenters. The van der Waals surface area contributed by atoms with Crippen LogP contribution in [0.4, 0.5) is 5.82 Å². The summed E-state index contributed by atoms with van der Waals surface area (Å²) in [6.07, 6.45) is 3.07. The molecule has 5 heteroatoms. The fourth-order valence-corrected chi connectivity index (χ4v) is 1.21. The largest absolute Gasteiger partial charge is 0.356 e. The minimum Gasteiger partial charge on any atom is -0.356 e. The maximum Gasteiger partial charge on any atom is 0.183 e. The van der Waals surface area contributed by atoms with E-state index in [0.29, 0.717) is 18.1 Å². The van der Waals surface area contributed by atoms with Crippen LogP contribution in [0.25, 0.3) is 0 Å². The second kappa shape index (κ2) is 4.53. The standard InChI is InChI=1S/C9H13N5/c1-7(11)6-14(2)9-8(5-10)12-3-4-13-9/h3-4,7H,6,11H2,1-2H3. The van der Waals surface area contributed by atoms with Crippen LogP contribution in [0.15, 0.2) is 12.4 Å². The van der Waals surface area contributed by atoms with Crippen molar-refractivity contribution in [1.82, 2.24) is 9.97 Å². The highest BCUT2D eigenvalue weighted by Gasteiger charge is 2.10. The van der Waals surface area contributed by atoms with Crippen LogP contribution in [0.1, 0.15) is 12.6 Å². The Labute approximate surface area is 83.2 Å². The molecule has 0 fully saturated rings. The van der Waals surface area contributed by atoms with Crippen LogP contribution in [0, 0.1) is 11.3 Å². The van der Waals surface area contributed by atoms with Gasteiger partial charge >= 0.3 is 0 Å². The average Bonchev–Trinajstić information content (AvgIpc) is 2.16. The van der Waals surface area contributed by atoms with Gasteiger partial charge in [0.1, 0.15) is 6.07 Å². The van der Waals surface area contributed by atoms with E-state index in [1.54, 1.807) is 6.20 Å². The number of nitriles is 1. The zero-order valence-electron chi connectivity index (χ0n) is 8.31. The third-order valence-corrected chi connectivity index (χ3v) is 1.71. The molecule has 0 bridgehead atoms. The second-order valence-electron chi connectivity index (χ2n) is 3.20. The summed E-state index contributed by atoms with van der Waals surface area (Å²) in [5.41, 5.74) is 5.98. The van der Waals surface area contributed by atoms with Gasteiger partial charge in [-0.3, -0.25) is 0 Å². The Morgan fingerprint density at radius 1 is 1.57 bits per heavy atom. The number of hydrogen-bond donors (Lipinski definition) is 1. The van der Waals surface area contributed by atoms with Crippen LogP contribution in [-0.4, -0.2) is 29.6 Å². The molecule has 1 atom stereocenters. The normalized spacial score (nSPS) is 11.9. The first-order valence-corrected chi connectivity index (χ1v) is 4.33. The van der Waals surface area contributed by atoms with Gasteiger partial charge in [0.25, 0.3) is 0 Å². The Kier molecular flexibility index (Phi) is 3.37. The predicted octanol–water partition coefficient (Wildman–Crippen LogP) is 0.132. The zero-order valence-corrected chi connectivity index (χ0v) is 8.31. The van der Waals surface area contributed by atoms with E-state index in [1.165, 1.54) is 6.20 Å². The van der Waals surface area contributed by atoms with Gasteiger partial charge in [-0.2, -0.15) is 5.26 Å². The molecule has 0 aliphatic carbocycles. The third kappa shape index (κ3) is 2.41. The van der Waals surface area contributed by atoms with E-state index < -0.39 is 0 Å². The minimum absolute atomic E-state index is 0.0357. The van der Waals surface area contributed by atoms with Gasteiger partial charge in [0.15, 0.2) is 11.5 Å². The first kappa shape index (κ1) is 10.4. The van der Waals surface area contributed by atoms with Gasteiger partial charge in [-0.1, -0.05) is 0 Å². The lowest BCUT2D eigenvalue weighted by molar-refractivity contribution is 0.710. The molecule has 1 aromatic heterocycles. The van der Waals surface area contributed by atoms with Gasteiger partial charge in [0.2, 0.25) is 0 Å². The Bertz CT molecular complexity index is 341. The summed E-state index contributed by atoms with van der Waals surface area (Å²) in [6, 6.07) is 2.03. The fraction of sp³-hybridized carbons (Fsp3) is 0.444. The van der Waals surface area contributed by atoms with E-state index in [2.05, 4.69) is 9.97 Å². The van der Waals surface area contributed by atoms with Crippen LogP contribution in [-0.2, 0) is 0 Å². The van der Waals surface area contributed by atoms with Gasteiger partial charge in [-0.15, -0.1) is 0 Å². The molecule has 0 aromatic carbocycles. The molecule has 0 radical (unpaired) electrons. The number of hydrogen-bond acceptors (Lipinski definition) is 5. The summed E-state index contributed by atoms with van der Waals surface area (Å²) in [5.74, 6) is 0.576. The van der Waals surface area contributed by atoms with Crippen molar-refractivity contribution < 1.29 is 0 Å². The zero-order chi connectivity index (χ0) is 10.6. The highest BCUT2D eigenvalue weighted by atomic mass is 15.2. The monoisotopic (exact) mass is 191 g/mol. The molecule has 1 rings (SSSR count). The smallest absolute Gasteiger partial charge is 0.183 e. The molecule has 0 amide bonds. The Hall–Kier alpha value is -1.67. The van der Waals surface area contributed by atoms with Crippen LogP contribution >= 0.6 is 0 Å². The van der Waals surface area contributed by atoms with Crippen LogP contribution < -0.4 is 10.6 Å². The van der Waals surface area contributed by atoms with Crippen molar-refractivity contribution in [3.63, 3.8) is 0 Å². The van der Waals surface area contributed by atoms with E-state index >= 15 is 0 Å². The number of nitrogens with two attached hydrogens (primary N) is 1. The number of aromatic nitrogens is 2. The topological polar surface area (TPSA) is 78.8 Å². The van der Waals surface area contributed by atoms with E-state index in [4.69, 9.17) is 11.0 Å². The molecular formula is C9H13N5. The molecule has 0 saturated carbocycles. The van der Waals surface area contributed by atoms with E-state index in [9.17, 15) is 0 Å². The van der Waals surface area contributed by atoms with E-state index in [-0.39, 0.29) is 6.04 Å². The third-order valence-electron chi connectivity index (χ3n) is 1.71. The molecule has 0 aliphatic rings. The van der Waals surface area contributed by atoms with Gasteiger partial charge in [0, 0.05) is 32.0 Å². The van der Waals surface area contributed by atoms with Crippen molar-refractivity contribution in [2.75, 3.05) is 18.5 Å². The highest BCUT2D eigenvalue weighted by molar-refractivity contribution is 5.48. The minimum atomic E-state index is 0.0357. The first-order valence-electron chi connectivity index (χ1n) is 4.33. The van der Waals surface area contributed by atoms with Gasteiger partial charge in [0.05, 0.1) is 0 Å². The van der Waals surface area contributed by atoms with Gasteiger partial charge < -0.3 is 10.6 Å². The SMILES string of the molecule is CC(N)CN(C)c1nccnc1C#N. The highest BCUT2D eigenvalue weighted by Crippen LogP contribution is 2.11. The van der Waals surface area contributed by atoms with E-state index in [0.717, 1.165) is 0 Å². The van der Waals surface area contributed by atoms with Crippen molar-refractivity contribution in [2.45, 2.75) is 13.0 Å². The summed E-state index contributed by atoms with van der Waals surface area (Å²) in [5, 5.41) is 8.79. The molecule has 0 saturated heterocycles. The van der Waals surface area contributed by atoms with Crippen molar-refractivity contribution in [3.8, 4) is 6.07 Å². The van der Waals surface area contributed by atoms with Gasteiger partial charge in [-0.05, 0) is 6.92 Å². The van der Waals surface area contributed by atoms with Crippen molar-refractivity contribution >= 4 is 5.82 Å². The summed E-state index contributed by atoms with van der Waals surface area (Å²) in [4.78, 5) is 9.84. The Balaban J connectivity index is 2.89. The summed E-state index contributed by atoms with van der Waals surface area (Å²) < 4.78 is 0. The Morgan fingerprint density at radius 3 is 2.79 bits per heavy atom. The maximum atomic E-state index is 8.79. The van der Waals surface area contributed by atoms with Crippen molar-refractivity contribution in [1.29, 1.82) is 5.26 Å². The summed E-state index contributed by atoms with van der Waals surface area (Å²) in [7, 11) is 1.84. The quantitative estimate of drug-likeness (QED) is 0.734. The van der Waals surface area contributed by atoms with E-state index in [1.807, 2.05) is 24.9 Å². The van der Waals surface area contributed by atoms with Crippen LogP contribution in [0.2, 0.25) is 0 Å². The molecule has 2 N–H and O–H groups in total. The Morgan fingerprint density at radius 2 is 2.21 bits per heavy atom. The molecule has 14 heavy (non-hydrogen) atoms. The average molecular weight is 191 g/mol. The summed E-state index contributed by atoms with van der Waals surface area (Å²) in [6.45, 7) is 2.55. The number of anilines is 1. The number of nitrogens with zero attached hydrogens (tertiary/aromatic N) is 4.